The molecule has 0 saturated carbocycles. The van der Waals surface area contributed by atoms with E-state index >= 15 is 0 Å². The van der Waals surface area contributed by atoms with Crippen molar-refractivity contribution in [1.29, 1.82) is 0 Å². The Morgan fingerprint density at radius 2 is 2.06 bits per heavy atom. The van der Waals surface area contributed by atoms with E-state index in [4.69, 9.17) is 4.74 Å². The van der Waals surface area contributed by atoms with Gasteiger partial charge in [0.2, 0.25) is 5.75 Å². The zero-order valence-electron chi connectivity index (χ0n) is 9.33. The molecule has 0 aliphatic carbocycles. The average molecular weight is 232 g/mol. The third-order valence-electron chi connectivity index (χ3n) is 2.20. The summed E-state index contributed by atoms with van der Waals surface area (Å²) in [7, 11) is 0. The van der Waals surface area contributed by atoms with Gasteiger partial charge in [0.05, 0.1) is 18.5 Å². The molecule has 0 spiro atoms. The van der Waals surface area contributed by atoms with Crippen LogP contribution in [0.3, 0.4) is 0 Å². The van der Waals surface area contributed by atoms with Gasteiger partial charge in [-0.25, -0.2) is 0 Å². The topological polar surface area (TPSA) is 64.3 Å². The molecule has 2 aromatic rings. The highest BCUT2D eigenvalue weighted by molar-refractivity contribution is 5.38. The van der Waals surface area contributed by atoms with Crippen LogP contribution >= 0.6 is 0 Å². The molecular formula is C12H12N2O3. The smallest absolute Gasteiger partial charge is 0.317 e. The molecule has 0 radical (unpaired) electrons. The highest BCUT2D eigenvalue weighted by Crippen LogP contribution is 2.19. The van der Waals surface area contributed by atoms with Gasteiger partial charge in [-0.1, -0.05) is 18.2 Å². The van der Waals surface area contributed by atoms with E-state index in [1.165, 1.54) is 10.9 Å². The van der Waals surface area contributed by atoms with E-state index in [0.717, 1.165) is 0 Å². The Hall–Kier alpha value is -2.30. The minimum Gasteiger partial charge on any atom is -0.503 e. The van der Waals surface area contributed by atoms with Gasteiger partial charge >= 0.3 is 5.56 Å². The van der Waals surface area contributed by atoms with Gasteiger partial charge in [0, 0.05) is 0 Å². The monoisotopic (exact) mass is 232 g/mol. The van der Waals surface area contributed by atoms with Crippen LogP contribution < -0.4 is 10.3 Å². The van der Waals surface area contributed by atoms with Crippen LogP contribution in [0.5, 0.6) is 11.5 Å². The van der Waals surface area contributed by atoms with Gasteiger partial charge in [0.1, 0.15) is 0 Å². The maximum Gasteiger partial charge on any atom is 0.317 e. The number of rotatable bonds is 3. The van der Waals surface area contributed by atoms with E-state index in [1.54, 1.807) is 31.2 Å². The minimum absolute atomic E-state index is 0.0775. The maximum absolute atomic E-state index is 12.0. The summed E-state index contributed by atoms with van der Waals surface area (Å²) in [5.41, 5.74) is 0.150. The SMILES string of the molecule is CCOc1c(O)cnn(-c2ccccc2)c1=O. The number of hydrogen-bond acceptors (Lipinski definition) is 4. The Bertz CT molecular complexity index is 564. The van der Waals surface area contributed by atoms with E-state index in [0.29, 0.717) is 12.3 Å². The van der Waals surface area contributed by atoms with E-state index in [2.05, 4.69) is 5.10 Å². The van der Waals surface area contributed by atoms with Gasteiger partial charge in [0.25, 0.3) is 0 Å². The van der Waals surface area contributed by atoms with Crippen LogP contribution in [0.15, 0.2) is 41.3 Å². The largest absolute Gasteiger partial charge is 0.503 e. The van der Waals surface area contributed by atoms with E-state index in [9.17, 15) is 9.90 Å². The summed E-state index contributed by atoms with van der Waals surface area (Å²) in [4.78, 5) is 12.0. The lowest BCUT2D eigenvalue weighted by molar-refractivity contribution is 0.309. The van der Waals surface area contributed by atoms with Gasteiger partial charge in [-0.2, -0.15) is 9.78 Å². The molecule has 2 rings (SSSR count). The van der Waals surface area contributed by atoms with Gasteiger partial charge in [-0.3, -0.25) is 4.79 Å². The molecule has 1 aromatic carbocycles. The first kappa shape index (κ1) is 11.2. The second kappa shape index (κ2) is 4.69. The van der Waals surface area contributed by atoms with Crippen molar-refractivity contribution in [1.82, 2.24) is 9.78 Å². The number of benzene rings is 1. The van der Waals surface area contributed by atoms with Gasteiger partial charge in [-0.15, -0.1) is 0 Å². The summed E-state index contributed by atoms with van der Waals surface area (Å²) in [5, 5.41) is 13.4. The number of para-hydroxylation sites is 1. The van der Waals surface area contributed by atoms with Crippen LogP contribution in [0.4, 0.5) is 0 Å². The molecule has 0 amide bonds. The first-order chi connectivity index (χ1) is 8.24. The van der Waals surface area contributed by atoms with Crippen LogP contribution in [0, 0.1) is 0 Å². The fraction of sp³-hybridized carbons (Fsp3) is 0.167. The molecule has 1 aromatic heterocycles. The maximum atomic E-state index is 12.0. The first-order valence-electron chi connectivity index (χ1n) is 5.23. The fourth-order valence-electron chi connectivity index (χ4n) is 1.46. The van der Waals surface area contributed by atoms with Crippen molar-refractivity contribution >= 4 is 0 Å². The molecular weight excluding hydrogens is 220 g/mol. The summed E-state index contributed by atoms with van der Waals surface area (Å²) in [6, 6.07) is 8.95. The molecule has 1 heterocycles. The van der Waals surface area contributed by atoms with Crippen molar-refractivity contribution < 1.29 is 9.84 Å². The normalized spacial score (nSPS) is 10.2. The van der Waals surface area contributed by atoms with Gasteiger partial charge < -0.3 is 9.84 Å². The number of aromatic nitrogens is 2. The van der Waals surface area contributed by atoms with Crippen LogP contribution in [0.25, 0.3) is 5.69 Å². The van der Waals surface area contributed by atoms with Crippen molar-refractivity contribution in [3.63, 3.8) is 0 Å². The molecule has 1 N–H and O–H groups in total. The fourth-order valence-corrected chi connectivity index (χ4v) is 1.46. The van der Waals surface area contributed by atoms with Crippen molar-refractivity contribution in [2.24, 2.45) is 0 Å². The third kappa shape index (κ3) is 2.13. The molecule has 0 saturated heterocycles. The molecule has 0 fully saturated rings. The Kier molecular flexibility index (Phi) is 3.09. The Labute approximate surface area is 97.9 Å². The molecule has 0 atom stereocenters. The highest BCUT2D eigenvalue weighted by Gasteiger charge is 2.12. The summed E-state index contributed by atoms with van der Waals surface area (Å²) in [6.45, 7) is 2.05. The van der Waals surface area contributed by atoms with E-state index < -0.39 is 5.56 Å². The predicted molar refractivity (Wildman–Crippen MR) is 62.7 cm³/mol. The average Bonchev–Trinajstić information content (AvgIpc) is 2.36. The number of aromatic hydroxyl groups is 1. The molecule has 17 heavy (non-hydrogen) atoms. The minimum atomic E-state index is -0.474. The number of nitrogens with zero attached hydrogens (tertiary/aromatic N) is 2. The molecule has 88 valence electrons. The lowest BCUT2D eigenvalue weighted by atomic mass is 10.3. The quantitative estimate of drug-likeness (QED) is 0.867. The van der Waals surface area contributed by atoms with Crippen molar-refractivity contribution in [3.8, 4) is 17.2 Å². The predicted octanol–water partition coefficient (Wildman–Crippen LogP) is 1.34. The zero-order valence-corrected chi connectivity index (χ0v) is 9.33. The second-order valence-electron chi connectivity index (χ2n) is 3.34. The molecule has 0 aliphatic heterocycles. The lowest BCUT2D eigenvalue weighted by Crippen LogP contribution is -2.22. The first-order valence-corrected chi connectivity index (χ1v) is 5.23. The van der Waals surface area contributed by atoms with Gasteiger partial charge in [-0.05, 0) is 19.1 Å². The number of hydrogen-bond donors (Lipinski definition) is 1. The molecule has 0 aliphatic rings. The van der Waals surface area contributed by atoms with Crippen molar-refractivity contribution in [2.75, 3.05) is 6.61 Å². The lowest BCUT2D eigenvalue weighted by Gasteiger charge is -2.08. The summed E-state index contributed by atoms with van der Waals surface area (Å²) in [5.74, 6) is -0.324. The van der Waals surface area contributed by atoms with Crippen LogP contribution in [0.1, 0.15) is 6.92 Å². The Balaban J connectivity index is 2.58. The standard InChI is InChI=1S/C12H12N2O3/c1-2-17-11-10(15)8-13-14(12(11)16)9-6-4-3-5-7-9/h3-8,15H,2H2,1H3. The van der Waals surface area contributed by atoms with E-state index in [1.807, 2.05) is 6.07 Å². The van der Waals surface area contributed by atoms with E-state index in [-0.39, 0.29) is 11.5 Å². The van der Waals surface area contributed by atoms with Crippen molar-refractivity contribution in [3.05, 3.63) is 46.9 Å². The second-order valence-corrected chi connectivity index (χ2v) is 3.34. The molecule has 0 bridgehead atoms. The number of ether oxygens (including phenoxy) is 1. The van der Waals surface area contributed by atoms with Crippen LogP contribution in [-0.2, 0) is 0 Å². The van der Waals surface area contributed by atoms with Gasteiger partial charge in [0.15, 0.2) is 5.75 Å². The van der Waals surface area contributed by atoms with Crippen LogP contribution in [0.2, 0.25) is 0 Å². The van der Waals surface area contributed by atoms with Crippen molar-refractivity contribution in [2.45, 2.75) is 6.92 Å². The Morgan fingerprint density at radius 1 is 1.35 bits per heavy atom. The Morgan fingerprint density at radius 3 is 2.71 bits per heavy atom. The summed E-state index contributed by atoms with van der Waals surface area (Å²) >= 11 is 0. The highest BCUT2D eigenvalue weighted by atomic mass is 16.5. The summed E-state index contributed by atoms with van der Waals surface area (Å²) < 4.78 is 6.29. The molecule has 5 nitrogen and oxygen atoms in total. The third-order valence-corrected chi connectivity index (χ3v) is 2.20. The zero-order chi connectivity index (χ0) is 12.3. The molecule has 0 unspecified atom stereocenters. The van der Waals surface area contributed by atoms with Crippen LogP contribution in [-0.4, -0.2) is 21.5 Å². The summed E-state index contributed by atoms with van der Waals surface area (Å²) in [6.07, 6.45) is 1.19. The molecule has 5 heteroatoms.